The number of aryl methyl sites for hydroxylation is 1. The largest absolute Gasteiger partial charge is 1.00 e. The molecule has 0 bridgehead atoms. The van der Waals surface area contributed by atoms with Gasteiger partial charge in [-0.15, -0.1) is 0 Å². The van der Waals surface area contributed by atoms with Crippen LogP contribution in [0.2, 0.25) is 0 Å². The van der Waals surface area contributed by atoms with Crippen molar-refractivity contribution in [1.29, 1.82) is 0 Å². The number of aromatic amines is 1. The number of imidazole rings is 1. The Labute approximate surface area is 131 Å². The van der Waals surface area contributed by atoms with E-state index < -0.39 is 0 Å². The SMILES string of the molecule is Cc1[nH]cc(Cc2ccccc2)[n+]1Cc1ccccc1.[Cl-]. The minimum absolute atomic E-state index is 0. The van der Waals surface area contributed by atoms with Crippen LogP contribution in [-0.4, -0.2) is 4.98 Å². The van der Waals surface area contributed by atoms with Crippen molar-refractivity contribution in [3.05, 3.63) is 89.5 Å². The lowest BCUT2D eigenvalue weighted by Gasteiger charge is -2.04. The predicted molar refractivity (Wildman–Crippen MR) is 80.5 cm³/mol. The summed E-state index contributed by atoms with van der Waals surface area (Å²) in [6.07, 6.45) is 3.07. The van der Waals surface area contributed by atoms with Gasteiger partial charge in [0.25, 0.3) is 5.82 Å². The molecule has 2 nitrogen and oxygen atoms in total. The van der Waals surface area contributed by atoms with Crippen LogP contribution in [0.5, 0.6) is 0 Å². The van der Waals surface area contributed by atoms with Crippen LogP contribution >= 0.6 is 0 Å². The molecule has 1 aromatic heterocycles. The fourth-order valence-electron chi connectivity index (χ4n) is 2.50. The van der Waals surface area contributed by atoms with Crippen LogP contribution in [0.25, 0.3) is 0 Å². The molecule has 0 radical (unpaired) electrons. The molecule has 0 aliphatic heterocycles. The van der Waals surface area contributed by atoms with Crippen LogP contribution in [0.3, 0.4) is 0 Å². The molecule has 0 aliphatic carbocycles. The fourth-order valence-corrected chi connectivity index (χ4v) is 2.50. The molecule has 21 heavy (non-hydrogen) atoms. The second-order valence-corrected chi connectivity index (χ2v) is 5.10. The maximum atomic E-state index is 3.34. The van der Waals surface area contributed by atoms with Crippen molar-refractivity contribution in [3.8, 4) is 0 Å². The average Bonchev–Trinajstić information content (AvgIpc) is 2.83. The molecule has 0 amide bonds. The second-order valence-electron chi connectivity index (χ2n) is 5.10. The highest BCUT2D eigenvalue weighted by Crippen LogP contribution is 2.07. The van der Waals surface area contributed by atoms with Gasteiger partial charge in [-0.3, -0.25) is 0 Å². The summed E-state index contributed by atoms with van der Waals surface area (Å²) in [5.74, 6) is 1.19. The topological polar surface area (TPSA) is 19.7 Å². The number of nitrogens with one attached hydrogen (secondary N) is 1. The summed E-state index contributed by atoms with van der Waals surface area (Å²) in [5, 5.41) is 0. The molecule has 3 aromatic rings. The minimum Gasteiger partial charge on any atom is -1.00 e. The lowest BCUT2D eigenvalue weighted by molar-refractivity contribution is -0.699. The van der Waals surface area contributed by atoms with Crippen molar-refractivity contribution in [1.82, 2.24) is 4.98 Å². The quantitative estimate of drug-likeness (QED) is 0.667. The first-order chi connectivity index (χ1) is 9.83. The summed E-state index contributed by atoms with van der Waals surface area (Å²) in [5.41, 5.74) is 3.99. The molecule has 0 spiro atoms. The van der Waals surface area contributed by atoms with Gasteiger partial charge in [0.05, 0.1) is 0 Å². The van der Waals surface area contributed by atoms with Crippen molar-refractivity contribution in [3.63, 3.8) is 0 Å². The highest BCUT2D eigenvalue weighted by molar-refractivity contribution is 5.19. The number of nitrogens with zero attached hydrogens (tertiary/aromatic N) is 1. The number of rotatable bonds is 4. The number of H-pyrrole nitrogens is 1. The van der Waals surface area contributed by atoms with Gasteiger partial charge in [-0.1, -0.05) is 60.7 Å². The lowest BCUT2D eigenvalue weighted by Crippen LogP contribution is -3.00. The Morgan fingerprint density at radius 1 is 0.857 bits per heavy atom. The molecule has 2 aromatic carbocycles. The summed E-state index contributed by atoms with van der Waals surface area (Å²) in [6.45, 7) is 3.04. The van der Waals surface area contributed by atoms with Crippen molar-refractivity contribution >= 4 is 0 Å². The molecule has 3 rings (SSSR count). The van der Waals surface area contributed by atoms with Gasteiger partial charge in [0.1, 0.15) is 18.4 Å². The van der Waals surface area contributed by atoms with E-state index in [2.05, 4.69) is 83.3 Å². The van der Waals surface area contributed by atoms with Gasteiger partial charge in [-0.25, -0.2) is 9.55 Å². The standard InChI is InChI=1S/C18H18N2.ClH/c1-15-19-13-18(12-16-8-4-2-5-9-16)20(15)14-17-10-6-3-7-11-17;/h2-11,13H,12,14H2,1H3;1H. The van der Waals surface area contributed by atoms with Gasteiger partial charge in [-0.2, -0.15) is 0 Å². The first-order valence-corrected chi connectivity index (χ1v) is 6.97. The summed E-state index contributed by atoms with van der Waals surface area (Å²) < 4.78 is 2.35. The monoisotopic (exact) mass is 298 g/mol. The molecular formula is C18H19ClN2. The molecule has 1 heterocycles. The Bertz CT molecular complexity index is 675. The molecular weight excluding hydrogens is 280 g/mol. The van der Waals surface area contributed by atoms with Gasteiger partial charge in [0.15, 0.2) is 0 Å². The molecule has 0 saturated heterocycles. The van der Waals surface area contributed by atoms with Crippen LogP contribution in [0.15, 0.2) is 66.9 Å². The maximum absolute atomic E-state index is 3.34. The minimum atomic E-state index is 0. The van der Waals surface area contributed by atoms with Gasteiger partial charge in [0, 0.05) is 13.3 Å². The maximum Gasteiger partial charge on any atom is 0.251 e. The van der Waals surface area contributed by atoms with Crippen LogP contribution in [0.1, 0.15) is 22.6 Å². The van der Waals surface area contributed by atoms with E-state index in [1.165, 1.54) is 22.6 Å². The lowest BCUT2D eigenvalue weighted by atomic mass is 10.1. The first-order valence-electron chi connectivity index (χ1n) is 6.97. The van der Waals surface area contributed by atoms with Crippen molar-refractivity contribution in [2.75, 3.05) is 0 Å². The van der Waals surface area contributed by atoms with Crippen LogP contribution in [-0.2, 0) is 13.0 Å². The zero-order chi connectivity index (χ0) is 13.8. The zero-order valence-electron chi connectivity index (χ0n) is 12.1. The fraction of sp³-hybridized carbons (Fsp3) is 0.167. The van der Waals surface area contributed by atoms with E-state index in [9.17, 15) is 0 Å². The summed E-state index contributed by atoms with van der Waals surface area (Å²) in [6, 6.07) is 21.2. The number of halogens is 1. The van der Waals surface area contributed by atoms with E-state index >= 15 is 0 Å². The van der Waals surface area contributed by atoms with Gasteiger partial charge in [0.2, 0.25) is 0 Å². The van der Waals surface area contributed by atoms with E-state index in [-0.39, 0.29) is 12.4 Å². The smallest absolute Gasteiger partial charge is 0.251 e. The van der Waals surface area contributed by atoms with Crippen molar-refractivity contribution < 1.29 is 17.0 Å². The van der Waals surface area contributed by atoms with Crippen LogP contribution in [0, 0.1) is 6.92 Å². The highest BCUT2D eigenvalue weighted by Gasteiger charge is 2.14. The second kappa shape index (κ2) is 7.09. The Balaban J connectivity index is 0.00000161. The Hall–Kier alpha value is -2.06. The third kappa shape index (κ3) is 3.73. The molecule has 1 N–H and O–H groups in total. The molecule has 0 aliphatic rings. The summed E-state index contributed by atoms with van der Waals surface area (Å²) in [7, 11) is 0. The van der Waals surface area contributed by atoms with Crippen LogP contribution in [0.4, 0.5) is 0 Å². The van der Waals surface area contributed by atoms with Crippen molar-refractivity contribution in [2.45, 2.75) is 19.9 Å². The number of benzene rings is 2. The Morgan fingerprint density at radius 2 is 1.43 bits per heavy atom. The molecule has 0 unspecified atom stereocenters. The predicted octanol–water partition coefficient (Wildman–Crippen LogP) is 0.254. The van der Waals surface area contributed by atoms with Crippen LogP contribution < -0.4 is 17.0 Å². The Morgan fingerprint density at radius 3 is 2.05 bits per heavy atom. The molecule has 108 valence electrons. The molecule has 0 atom stereocenters. The number of hydrogen-bond donors (Lipinski definition) is 1. The first kappa shape index (κ1) is 15.3. The third-order valence-electron chi connectivity index (χ3n) is 3.61. The molecule has 0 saturated carbocycles. The normalized spacial score (nSPS) is 10.1. The number of hydrogen-bond acceptors (Lipinski definition) is 0. The highest BCUT2D eigenvalue weighted by atomic mass is 35.5. The average molecular weight is 299 g/mol. The zero-order valence-corrected chi connectivity index (χ0v) is 12.8. The van der Waals surface area contributed by atoms with Gasteiger partial charge in [-0.05, 0) is 11.1 Å². The van der Waals surface area contributed by atoms with E-state index in [1.807, 2.05) is 0 Å². The van der Waals surface area contributed by atoms with E-state index in [0.29, 0.717) is 0 Å². The molecule has 0 fully saturated rings. The summed E-state index contributed by atoms with van der Waals surface area (Å²) >= 11 is 0. The molecule has 3 heteroatoms. The van der Waals surface area contributed by atoms with E-state index in [0.717, 1.165) is 13.0 Å². The Kier molecular flexibility index (Phi) is 5.18. The van der Waals surface area contributed by atoms with E-state index in [4.69, 9.17) is 0 Å². The van der Waals surface area contributed by atoms with E-state index in [1.54, 1.807) is 0 Å². The van der Waals surface area contributed by atoms with Gasteiger partial charge >= 0.3 is 0 Å². The summed E-state index contributed by atoms with van der Waals surface area (Å²) in [4.78, 5) is 3.34. The third-order valence-corrected chi connectivity index (χ3v) is 3.61. The number of aromatic nitrogens is 2. The van der Waals surface area contributed by atoms with Gasteiger partial charge < -0.3 is 12.4 Å². The van der Waals surface area contributed by atoms with Crippen molar-refractivity contribution in [2.24, 2.45) is 0 Å².